The van der Waals surface area contributed by atoms with E-state index < -0.39 is 9.84 Å². The van der Waals surface area contributed by atoms with Gasteiger partial charge in [-0.1, -0.05) is 42.5 Å². The number of ether oxygens (including phenoxy) is 1. The van der Waals surface area contributed by atoms with Crippen LogP contribution in [-0.2, 0) is 32.3 Å². The molecule has 0 aliphatic carbocycles. The van der Waals surface area contributed by atoms with Crippen LogP contribution in [0.4, 0.5) is 5.69 Å². The molecule has 158 valence electrons. The summed E-state index contributed by atoms with van der Waals surface area (Å²) < 4.78 is 27.1. The van der Waals surface area contributed by atoms with Crippen molar-refractivity contribution in [2.45, 2.75) is 24.8 Å². The molecule has 0 atom stereocenters. The van der Waals surface area contributed by atoms with Gasteiger partial charge >= 0.3 is 0 Å². The molecule has 7 heteroatoms. The first-order chi connectivity index (χ1) is 14.4. The number of benzene rings is 2. The fourth-order valence-electron chi connectivity index (χ4n) is 2.64. The van der Waals surface area contributed by atoms with E-state index in [0.717, 1.165) is 23.2 Å². The van der Waals surface area contributed by atoms with Gasteiger partial charge in [0.25, 0.3) is 6.47 Å². The molecular weight excluding hydrogens is 400 g/mol. The number of carbonyl (C=O) groups is 1. The topological polar surface area (TPSA) is 85.4 Å². The Kier molecular flexibility index (Phi) is 9.03. The maximum absolute atomic E-state index is 11.5. The molecule has 0 amide bonds. The summed E-state index contributed by atoms with van der Waals surface area (Å²) in [6, 6.07) is 19.3. The second kappa shape index (κ2) is 11.7. The van der Waals surface area contributed by atoms with Crippen molar-refractivity contribution in [2.75, 3.05) is 18.2 Å². The van der Waals surface area contributed by atoms with Crippen LogP contribution in [0.2, 0.25) is 0 Å². The lowest BCUT2D eigenvalue weighted by atomic mass is 10.1. The van der Waals surface area contributed by atoms with E-state index in [2.05, 4.69) is 33.2 Å². The van der Waals surface area contributed by atoms with Crippen LogP contribution in [0.3, 0.4) is 0 Å². The minimum absolute atomic E-state index is 0.336. The Morgan fingerprint density at radius 1 is 0.967 bits per heavy atom. The second-order valence-electron chi connectivity index (χ2n) is 6.57. The molecule has 0 saturated carbocycles. The number of hydrogen-bond acceptors (Lipinski definition) is 6. The average Bonchev–Trinajstić information content (AvgIpc) is 2.74. The first-order valence-electron chi connectivity index (χ1n) is 9.48. The lowest BCUT2D eigenvalue weighted by Gasteiger charge is -2.09. The normalized spacial score (nSPS) is 10.5. The number of sulfone groups is 1. The quantitative estimate of drug-likeness (QED) is 0.551. The molecule has 0 unspecified atom stereocenters. The number of rotatable bonds is 8. The second-order valence-corrected chi connectivity index (χ2v) is 8.58. The third kappa shape index (κ3) is 8.05. The van der Waals surface area contributed by atoms with Gasteiger partial charge in [-0.15, -0.1) is 0 Å². The number of anilines is 1. The summed E-state index contributed by atoms with van der Waals surface area (Å²) in [5, 5.41) is 3.33. The zero-order valence-corrected chi connectivity index (χ0v) is 17.9. The van der Waals surface area contributed by atoms with Crippen molar-refractivity contribution in [2.24, 2.45) is 0 Å². The SMILES string of the molecule is CCOC=O.CS(=O)(=O)c1ccc(CNc2cncc(Cc3ccccc3)c2)cc1. The van der Waals surface area contributed by atoms with Crippen molar-refractivity contribution < 1.29 is 17.9 Å². The van der Waals surface area contributed by atoms with E-state index in [9.17, 15) is 13.2 Å². The van der Waals surface area contributed by atoms with Crippen molar-refractivity contribution in [1.82, 2.24) is 4.98 Å². The van der Waals surface area contributed by atoms with E-state index in [-0.39, 0.29) is 0 Å². The van der Waals surface area contributed by atoms with Crippen LogP contribution < -0.4 is 5.32 Å². The van der Waals surface area contributed by atoms with Crippen LogP contribution in [0.15, 0.2) is 78.0 Å². The van der Waals surface area contributed by atoms with Gasteiger partial charge in [0.15, 0.2) is 9.84 Å². The zero-order valence-electron chi connectivity index (χ0n) is 17.1. The Bertz CT molecular complexity index is 1020. The van der Waals surface area contributed by atoms with Crippen molar-refractivity contribution in [3.8, 4) is 0 Å². The minimum Gasteiger partial charge on any atom is -0.468 e. The van der Waals surface area contributed by atoms with Gasteiger partial charge in [-0.2, -0.15) is 0 Å². The Hall–Kier alpha value is -3.19. The molecule has 0 radical (unpaired) electrons. The van der Waals surface area contributed by atoms with Crippen molar-refractivity contribution in [3.63, 3.8) is 0 Å². The summed E-state index contributed by atoms with van der Waals surface area (Å²) in [7, 11) is -3.15. The Morgan fingerprint density at radius 2 is 1.67 bits per heavy atom. The number of nitrogens with one attached hydrogen (secondary N) is 1. The van der Waals surface area contributed by atoms with Crippen LogP contribution in [0, 0.1) is 0 Å². The van der Waals surface area contributed by atoms with Crippen LogP contribution in [0.1, 0.15) is 23.6 Å². The van der Waals surface area contributed by atoms with E-state index >= 15 is 0 Å². The van der Waals surface area contributed by atoms with Gasteiger partial charge in [-0.3, -0.25) is 9.78 Å². The molecule has 0 fully saturated rings. The molecule has 3 rings (SSSR count). The van der Waals surface area contributed by atoms with Crippen LogP contribution >= 0.6 is 0 Å². The van der Waals surface area contributed by atoms with E-state index in [1.807, 2.05) is 36.5 Å². The number of hydrogen-bond donors (Lipinski definition) is 1. The van der Waals surface area contributed by atoms with Gasteiger partial charge in [0.2, 0.25) is 0 Å². The molecule has 1 heterocycles. The molecule has 1 aromatic heterocycles. The fraction of sp³-hybridized carbons (Fsp3) is 0.217. The lowest BCUT2D eigenvalue weighted by Crippen LogP contribution is -2.02. The van der Waals surface area contributed by atoms with Gasteiger partial charge in [0, 0.05) is 25.2 Å². The molecule has 3 aromatic rings. The number of aromatic nitrogens is 1. The predicted molar refractivity (Wildman–Crippen MR) is 118 cm³/mol. The van der Waals surface area contributed by atoms with Crippen molar-refractivity contribution in [1.29, 1.82) is 0 Å². The zero-order chi connectivity index (χ0) is 21.8. The first kappa shape index (κ1) is 23.1. The summed E-state index contributed by atoms with van der Waals surface area (Å²) in [5.41, 5.74) is 4.35. The average molecular weight is 427 g/mol. The van der Waals surface area contributed by atoms with Gasteiger partial charge in [0.05, 0.1) is 17.2 Å². The molecule has 0 aliphatic heterocycles. The monoisotopic (exact) mass is 426 g/mol. The Labute approximate surface area is 177 Å². The van der Waals surface area contributed by atoms with Crippen LogP contribution in [-0.4, -0.2) is 32.7 Å². The standard InChI is InChI=1S/C20H20N2O2S.C3H6O2/c1-25(23,24)20-9-7-17(8-10-20)14-22-19-12-18(13-21-15-19)11-16-5-3-2-4-6-16;1-2-5-3-4/h2-10,12-13,15,22H,11,14H2,1H3;3H,2H2,1H3. The van der Waals surface area contributed by atoms with Gasteiger partial charge in [-0.05, 0) is 48.2 Å². The van der Waals surface area contributed by atoms with E-state index in [0.29, 0.717) is 24.5 Å². The minimum atomic E-state index is -3.15. The first-order valence-corrected chi connectivity index (χ1v) is 11.4. The Balaban J connectivity index is 0.000000575. The summed E-state index contributed by atoms with van der Waals surface area (Å²) in [4.78, 5) is 13.8. The molecule has 0 aliphatic rings. The smallest absolute Gasteiger partial charge is 0.293 e. The summed E-state index contributed by atoms with van der Waals surface area (Å²) in [5.74, 6) is 0. The molecule has 1 N–H and O–H groups in total. The third-order valence-corrected chi connectivity index (χ3v) is 5.26. The van der Waals surface area contributed by atoms with Crippen LogP contribution in [0.25, 0.3) is 0 Å². The van der Waals surface area contributed by atoms with Gasteiger partial charge in [0.1, 0.15) is 0 Å². The largest absolute Gasteiger partial charge is 0.468 e. The highest BCUT2D eigenvalue weighted by Gasteiger charge is 2.06. The highest BCUT2D eigenvalue weighted by atomic mass is 32.2. The molecule has 2 aromatic carbocycles. The molecule has 0 bridgehead atoms. The molecule has 6 nitrogen and oxygen atoms in total. The van der Waals surface area contributed by atoms with Crippen molar-refractivity contribution >= 4 is 22.0 Å². The van der Waals surface area contributed by atoms with E-state index in [4.69, 9.17) is 0 Å². The lowest BCUT2D eigenvalue weighted by molar-refractivity contribution is -0.128. The molecule has 0 spiro atoms. The summed E-state index contributed by atoms with van der Waals surface area (Å²) in [6.45, 7) is 3.28. The molecular formula is C23H26N2O4S. The summed E-state index contributed by atoms with van der Waals surface area (Å²) >= 11 is 0. The molecule has 0 saturated heterocycles. The molecule has 30 heavy (non-hydrogen) atoms. The third-order valence-electron chi connectivity index (χ3n) is 4.13. The fourth-order valence-corrected chi connectivity index (χ4v) is 3.27. The highest BCUT2D eigenvalue weighted by Crippen LogP contribution is 2.15. The van der Waals surface area contributed by atoms with Gasteiger partial charge < -0.3 is 10.1 Å². The van der Waals surface area contributed by atoms with E-state index in [1.54, 1.807) is 25.3 Å². The number of carbonyl (C=O) groups excluding carboxylic acids is 1. The maximum atomic E-state index is 11.5. The number of pyridine rings is 1. The summed E-state index contributed by atoms with van der Waals surface area (Å²) in [6.07, 6.45) is 5.72. The van der Waals surface area contributed by atoms with Crippen LogP contribution in [0.5, 0.6) is 0 Å². The highest BCUT2D eigenvalue weighted by molar-refractivity contribution is 7.90. The van der Waals surface area contributed by atoms with E-state index in [1.165, 1.54) is 11.8 Å². The van der Waals surface area contributed by atoms with Gasteiger partial charge in [-0.25, -0.2) is 8.42 Å². The number of nitrogens with zero attached hydrogens (tertiary/aromatic N) is 1. The predicted octanol–water partition coefficient (Wildman–Crippen LogP) is 3.87. The van der Waals surface area contributed by atoms with Crippen molar-refractivity contribution in [3.05, 3.63) is 89.7 Å². The maximum Gasteiger partial charge on any atom is 0.293 e. The Morgan fingerprint density at radius 3 is 2.23 bits per heavy atom.